The van der Waals surface area contributed by atoms with Crippen molar-refractivity contribution in [2.24, 2.45) is 0 Å². The van der Waals surface area contributed by atoms with Gasteiger partial charge in [-0.2, -0.15) is 0 Å². The Kier molecular flexibility index (Phi) is 7.01. The molecule has 2 aromatic carbocycles. The average molecular weight is 341 g/mol. The molecular weight excluding hydrogens is 318 g/mol. The molecule has 25 heavy (non-hydrogen) atoms. The van der Waals surface area contributed by atoms with Crippen LogP contribution < -0.4 is 10.1 Å². The molecule has 0 radical (unpaired) electrons. The number of rotatable bonds is 9. The van der Waals surface area contributed by atoms with Crippen molar-refractivity contribution in [3.8, 4) is 5.75 Å². The molecule has 1 amide bonds. The maximum absolute atomic E-state index is 11.9. The lowest BCUT2D eigenvalue weighted by atomic mass is 10.0. The van der Waals surface area contributed by atoms with Crippen molar-refractivity contribution in [2.75, 3.05) is 13.2 Å². The molecule has 0 aliphatic carbocycles. The highest BCUT2D eigenvalue weighted by atomic mass is 16.5. The van der Waals surface area contributed by atoms with Crippen LogP contribution in [-0.2, 0) is 11.2 Å². The molecule has 0 aliphatic rings. The molecule has 0 saturated heterocycles. The lowest BCUT2D eigenvalue weighted by Crippen LogP contribution is -2.26. The fourth-order valence-electron chi connectivity index (χ4n) is 2.48. The van der Waals surface area contributed by atoms with E-state index in [1.807, 2.05) is 31.2 Å². The van der Waals surface area contributed by atoms with Crippen LogP contribution in [0.25, 0.3) is 0 Å². The van der Waals surface area contributed by atoms with E-state index in [0.717, 1.165) is 11.3 Å². The second-order valence-electron chi connectivity index (χ2n) is 5.78. The molecule has 2 N–H and O–H groups in total. The summed E-state index contributed by atoms with van der Waals surface area (Å²) < 4.78 is 5.67. The second kappa shape index (κ2) is 9.47. The first-order valence-electron chi connectivity index (χ1n) is 8.34. The Morgan fingerprint density at radius 2 is 1.80 bits per heavy atom. The van der Waals surface area contributed by atoms with Crippen LogP contribution >= 0.6 is 0 Å². The van der Waals surface area contributed by atoms with Crippen LogP contribution in [0.5, 0.6) is 5.75 Å². The number of hydrogen-bond acceptors (Lipinski definition) is 3. The van der Waals surface area contributed by atoms with Gasteiger partial charge in [0.05, 0.1) is 12.2 Å². The maximum atomic E-state index is 11.9. The highest BCUT2D eigenvalue weighted by Crippen LogP contribution is 2.16. The van der Waals surface area contributed by atoms with Crippen molar-refractivity contribution in [2.45, 2.75) is 26.2 Å². The molecule has 0 atom stereocenters. The van der Waals surface area contributed by atoms with Crippen molar-refractivity contribution in [3.63, 3.8) is 0 Å². The van der Waals surface area contributed by atoms with Crippen molar-refractivity contribution in [1.29, 1.82) is 0 Å². The molecule has 2 rings (SSSR count). The number of nitrogens with one attached hydrogen (secondary N) is 1. The average Bonchev–Trinajstić information content (AvgIpc) is 2.61. The van der Waals surface area contributed by atoms with Crippen molar-refractivity contribution in [3.05, 3.63) is 65.2 Å². The minimum absolute atomic E-state index is 0.0870. The summed E-state index contributed by atoms with van der Waals surface area (Å²) in [4.78, 5) is 23.0. The molecule has 0 bridgehead atoms. The van der Waals surface area contributed by atoms with Gasteiger partial charge in [0, 0.05) is 13.0 Å². The Bertz CT molecular complexity index is 727. The van der Waals surface area contributed by atoms with E-state index in [0.29, 0.717) is 31.6 Å². The van der Waals surface area contributed by atoms with Gasteiger partial charge in [-0.3, -0.25) is 4.79 Å². The van der Waals surface area contributed by atoms with Gasteiger partial charge in [0.15, 0.2) is 0 Å². The molecule has 132 valence electrons. The molecule has 5 nitrogen and oxygen atoms in total. The smallest absolute Gasteiger partial charge is 0.335 e. The number of para-hydroxylation sites is 1. The number of aromatic carboxylic acids is 1. The normalized spacial score (nSPS) is 10.3. The van der Waals surface area contributed by atoms with Gasteiger partial charge in [0.25, 0.3) is 0 Å². The van der Waals surface area contributed by atoms with E-state index in [1.165, 1.54) is 0 Å². The van der Waals surface area contributed by atoms with Crippen LogP contribution in [0.3, 0.4) is 0 Å². The maximum Gasteiger partial charge on any atom is 0.335 e. The van der Waals surface area contributed by atoms with E-state index >= 15 is 0 Å². The van der Waals surface area contributed by atoms with E-state index in [1.54, 1.807) is 24.3 Å². The molecule has 0 heterocycles. The third kappa shape index (κ3) is 5.95. The summed E-state index contributed by atoms with van der Waals surface area (Å²) in [6.07, 6.45) is 1.39. The largest absolute Gasteiger partial charge is 0.493 e. The van der Waals surface area contributed by atoms with Gasteiger partial charge >= 0.3 is 5.97 Å². The Hall–Kier alpha value is -2.82. The lowest BCUT2D eigenvalue weighted by molar-refractivity contribution is -0.121. The van der Waals surface area contributed by atoms with E-state index < -0.39 is 5.97 Å². The van der Waals surface area contributed by atoms with Gasteiger partial charge in [-0.05, 0) is 43.0 Å². The molecule has 0 aliphatic heterocycles. The SMILES string of the molecule is Cc1ccccc1OCCCNC(=O)CCc1ccccc1C(=O)O. The summed E-state index contributed by atoms with van der Waals surface area (Å²) in [7, 11) is 0. The minimum atomic E-state index is -0.968. The molecule has 0 fully saturated rings. The minimum Gasteiger partial charge on any atom is -0.493 e. The van der Waals surface area contributed by atoms with Crippen molar-refractivity contribution in [1.82, 2.24) is 5.32 Å². The molecule has 0 aromatic heterocycles. The van der Waals surface area contributed by atoms with Crippen LogP contribution in [0.4, 0.5) is 0 Å². The summed E-state index contributed by atoms with van der Waals surface area (Å²) in [5, 5.41) is 12.0. The summed E-state index contributed by atoms with van der Waals surface area (Å²) in [6.45, 7) is 3.06. The van der Waals surface area contributed by atoms with E-state index in [2.05, 4.69) is 5.32 Å². The molecule has 2 aromatic rings. The first kappa shape index (κ1) is 18.5. The molecule has 0 saturated carbocycles. The Balaban J connectivity index is 1.66. The number of hydrogen-bond donors (Lipinski definition) is 2. The fourth-order valence-corrected chi connectivity index (χ4v) is 2.48. The van der Waals surface area contributed by atoms with E-state index in [-0.39, 0.29) is 17.9 Å². The first-order chi connectivity index (χ1) is 12.1. The molecule has 5 heteroatoms. The number of carboxylic acids is 1. The number of carbonyl (C=O) groups excluding carboxylic acids is 1. The second-order valence-corrected chi connectivity index (χ2v) is 5.78. The predicted octanol–water partition coefficient (Wildman–Crippen LogP) is 3.21. The molecular formula is C20H23NO4. The summed E-state index contributed by atoms with van der Waals surface area (Å²) >= 11 is 0. The first-order valence-corrected chi connectivity index (χ1v) is 8.34. The number of ether oxygens (including phenoxy) is 1. The lowest BCUT2D eigenvalue weighted by Gasteiger charge is -2.10. The Labute approximate surface area is 147 Å². The quantitative estimate of drug-likeness (QED) is 0.687. The standard InChI is InChI=1S/C20H23NO4/c1-15-7-2-5-10-18(15)25-14-6-13-21-19(22)12-11-16-8-3-4-9-17(16)20(23)24/h2-5,7-10H,6,11-14H2,1H3,(H,21,22)(H,23,24). The highest BCUT2D eigenvalue weighted by molar-refractivity contribution is 5.89. The van der Waals surface area contributed by atoms with Crippen LogP contribution in [0.2, 0.25) is 0 Å². The number of aryl methyl sites for hydroxylation is 2. The van der Waals surface area contributed by atoms with Crippen LogP contribution in [0.15, 0.2) is 48.5 Å². The Morgan fingerprint density at radius 3 is 2.56 bits per heavy atom. The number of benzene rings is 2. The van der Waals surface area contributed by atoms with Gasteiger partial charge in [-0.15, -0.1) is 0 Å². The number of carboxylic acid groups (broad SMARTS) is 1. The van der Waals surface area contributed by atoms with Crippen molar-refractivity contribution < 1.29 is 19.4 Å². The van der Waals surface area contributed by atoms with Crippen LogP contribution in [0.1, 0.15) is 34.3 Å². The summed E-state index contributed by atoms with van der Waals surface area (Å²) in [5.41, 5.74) is 2.01. The van der Waals surface area contributed by atoms with Gasteiger partial charge in [-0.25, -0.2) is 4.79 Å². The zero-order chi connectivity index (χ0) is 18.1. The predicted molar refractivity (Wildman–Crippen MR) is 96.0 cm³/mol. The van der Waals surface area contributed by atoms with Crippen LogP contribution in [-0.4, -0.2) is 30.1 Å². The van der Waals surface area contributed by atoms with Crippen LogP contribution in [0, 0.1) is 6.92 Å². The number of carbonyl (C=O) groups is 2. The van der Waals surface area contributed by atoms with Gasteiger partial charge in [0.2, 0.25) is 5.91 Å². The Morgan fingerprint density at radius 1 is 1.08 bits per heavy atom. The third-order valence-electron chi connectivity index (χ3n) is 3.86. The fraction of sp³-hybridized carbons (Fsp3) is 0.300. The van der Waals surface area contributed by atoms with E-state index in [4.69, 9.17) is 9.84 Å². The van der Waals surface area contributed by atoms with E-state index in [9.17, 15) is 9.59 Å². The van der Waals surface area contributed by atoms with Gasteiger partial charge in [-0.1, -0.05) is 36.4 Å². The topological polar surface area (TPSA) is 75.6 Å². The van der Waals surface area contributed by atoms with Gasteiger partial charge < -0.3 is 15.2 Å². The summed E-state index contributed by atoms with van der Waals surface area (Å²) in [5.74, 6) is -0.195. The summed E-state index contributed by atoms with van der Waals surface area (Å²) in [6, 6.07) is 14.6. The van der Waals surface area contributed by atoms with Crippen molar-refractivity contribution >= 4 is 11.9 Å². The molecule has 0 spiro atoms. The zero-order valence-electron chi connectivity index (χ0n) is 14.3. The monoisotopic (exact) mass is 341 g/mol. The zero-order valence-corrected chi connectivity index (χ0v) is 14.3. The number of amides is 1. The highest BCUT2D eigenvalue weighted by Gasteiger charge is 2.10. The molecule has 0 unspecified atom stereocenters. The van der Waals surface area contributed by atoms with Gasteiger partial charge in [0.1, 0.15) is 5.75 Å². The third-order valence-corrected chi connectivity index (χ3v) is 3.86.